The van der Waals surface area contributed by atoms with Gasteiger partial charge in [0.2, 0.25) is 5.91 Å². The van der Waals surface area contributed by atoms with E-state index in [2.05, 4.69) is 5.32 Å². The van der Waals surface area contributed by atoms with Gasteiger partial charge in [0.15, 0.2) is 0 Å². The molecule has 1 amide bonds. The minimum absolute atomic E-state index is 0.0615. The van der Waals surface area contributed by atoms with Gasteiger partial charge in [-0.2, -0.15) is 0 Å². The van der Waals surface area contributed by atoms with E-state index < -0.39 is 0 Å². The Hall–Kier alpha value is -3.53. The number of benzene rings is 5. The molecule has 126 valence electrons. The van der Waals surface area contributed by atoms with Gasteiger partial charge in [-0.1, -0.05) is 36.4 Å². The largest absolute Gasteiger partial charge is 0.508 e. The first-order valence-corrected chi connectivity index (χ1v) is 8.37. The third-order valence-corrected chi connectivity index (χ3v) is 5.00. The van der Waals surface area contributed by atoms with Gasteiger partial charge in [-0.15, -0.1) is 0 Å². The molecule has 4 heteroatoms. The first-order chi connectivity index (χ1) is 12.5. The fourth-order valence-corrected chi connectivity index (χ4v) is 3.97. The Morgan fingerprint density at radius 1 is 0.808 bits per heavy atom. The van der Waals surface area contributed by atoms with Gasteiger partial charge in [0.25, 0.3) is 0 Å². The highest BCUT2D eigenvalue weighted by atomic mass is 16.3. The maximum atomic E-state index is 11.7. The molecule has 5 aromatic rings. The number of amides is 1. The van der Waals surface area contributed by atoms with Crippen molar-refractivity contribution in [2.45, 2.75) is 6.92 Å². The SMILES string of the molecule is CC(=O)Nc1c(O)c2cc3ccc(O)cc3c3ccc4cccc1c4c23. The summed E-state index contributed by atoms with van der Waals surface area (Å²) in [5.74, 6) is 0.0342. The predicted molar refractivity (Wildman–Crippen MR) is 105 cm³/mol. The summed E-state index contributed by atoms with van der Waals surface area (Å²) in [5, 5.41) is 30.9. The van der Waals surface area contributed by atoms with E-state index >= 15 is 0 Å². The van der Waals surface area contributed by atoms with Crippen molar-refractivity contribution in [1.82, 2.24) is 0 Å². The molecular weight excluding hydrogens is 326 g/mol. The second kappa shape index (κ2) is 4.99. The van der Waals surface area contributed by atoms with E-state index in [9.17, 15) is 15.0 Å². The van der Waals surface area contributed by atoms with Gasteiger partial charge in [0, 0.05) is 23.1 Å². The number of rotatable bonds is 1. The zero-order valence-corrected chi connectivity index (χ0v) is 14.0. The summed E-state index contributed by atoms with van der Waals surface area (Å²) in [6, 6.07) is 17.0. The summed E-state index contributed by atoms with van der Waals surface area (Å²) in [6.45, 7) is 1.43. The van der Waals surface area contributed by atoms with E-state index in [1.165, 1.54) is 6.92 Å². The van der Waals surface area contributed by atoms with Crippen molar-refractivity contribution in [2.24, 2.45) is 0 Å². The Bertz CT molecular complexity index is 1350. The molecule has 0 aliphatic rings. The lowest BCUT2D eigenvalue weighted by Gasteiger charge is -2.18. The summed E-state index contributed by atoms with van der Waals surface area (Å²) in [4.78, 5) is 11.7. The van der Waals surface area contributed by atoms with Gasteiger partial charge >= 0.3 is 0 Å². The van der Waals surface area contributed by atoms with Crippen LogP contribution in [0, 0.1) is 0 Å². The highest BCUT2D eigenvalue weighted by Gasteiger charge is 2.19. The number of phenolic OH excluding ortho intramolecular Hbond substituents is 2. The smallest absolute Gasteiger partial charge is 0.221 e. The normalized spacial score (nSPS) is 11.7. The fourth-order valence-electron chi connectivity index (χ4n) is 3.97. The Balaban J connectivity index is 2.12. The van der Waals surface area contributed by atoms with Crippen LogP contribution in [0.5, 0.6) is 11.5 Å². The molecule has 0 unspecified atom stereocenters. The third-order valence-electron chi connectivity index (χ3n) is 5.00. The number of fused-ring (bicyclic) bond motifs is 2. The van der Waals surface area contributed by atoms with E-state index in [1.807, 2.05) is 42.5 Å². The minimum atomic E-state index is -0.232. The van der Waals surface area contributed by atoms with Crippen molar-refractivity contribution in [3.63, 3.8) is 0 Å². The molecule has 0 aromatic heterocycles. The number of hydrogen-bond acceptors (Lipinski definition) is 3. The highest BCUT2D eigenvalue weighted by molar-refractivity contribution is 6.33. The lowest BCUT2D eigenvalue weighted by molar-refractivity contribution is -0.114. The molecule has 0 radical (unpaired) electrons. The summed E-state index contributed by atoms with van der Waals surface area (Å²) in [6.07, 6.45) is 0. The average Bonchev–Trinajstić information content (AvgIpc) is 2.63. The maximum absolute atomic E-state index is 11.7. The molecule has 0 fully saturated rings. The van der Waals surface area contributed by atoms with Crippen LogP contribution < -0.4 is 5.32 Å². The molecule has 0 aliphatic carbocycles. The average molecular weight is 341 g/mol. The molecule has 26 heavy (non-hydrogen) atoms. The van der Waals surface area contributed by atoms with Crippen molar-refractivity contribution in [3.05, 3.63) is 54.6 Å². The molecule has 5 aromatic carbocycles. The van der Waals surface area contributed by atoms with Crippen LogP contribution in [0.2, 0.25) is 0 Å². The minimum Gasteiger partial charge on any atom is -0.508 e. The second-order valence-corrected chi connectivity index (χ2v) is 6.63. The van der Waals surface area contributed by atoms with Crippen LogP contribution in [0.15, 0.2) is 54.6 Å². The van der Waals surface area contributed by atoms with Gasteiger partial charge in [-0.3, -0.25) is 4.79 Å². The lowest BCUT2D eigenvalue weighted by atomic mass is 9.89. The van der Waals surface area contributed by atoms with Crippen LogP contribution in [0.25, 0.3) is 43.1 Å². The number of hydrogen-bond donors (Lipinski definition) is 3. The molecule has 5 rings (SSSR count). The molecular formula is C22H15NO3. The standard InChI is InChI=1S/C22H15NO3/c1-11(24)23-21-16-4-2-3-12-6-8-15-17-10-14(25)7-5-13(17)9-18(22(21)26)20(15)19(12)16/h2-10,25-26H,1H3,(H,23,24). The first kappa shape index (κ1) is 14.8. The van der Waals surface area contributed by atoms with Crippen molar-refractivity contribution in [3.8, 4) is 11.5 Å². The topological polar surface area (TPSA) is 69.6 Å². The lowest BCUT2D eigenvalue weighted by Crippen LogP contribution is -2.07. The van der Waals surface area contributed by atoms with Crippen molar-refractivity contribution in [2.75, 3.05) is 5.32 Å². The summed E-state index contributed by atoms with van der Waals surface area (Å²) in [7, 11) is 0. The van der Waals surface area contributed by atoms with Crippen LogP contribution in [-0.2, 0) is 4.79 Å². The van der Waals surface area contributed by atoms with Crippen LogP contribution in [0.3, 0.4) is 0 Å². The first-order valence-electron chi connectivity index (χ1n) is 8.37. The number of nitrogens with one attached hydrogen (secondary N) is 1. The van der Waals surface area contributed by atoms with E-state index in [-0.39, 0.29) is 17.4 Å². The Morgan fingerprint density at radius 3 is 2.42 bits per heavy atom. The molecule has 0 saturated carbocycles. The Morgan fingerprint density at radius 2 is 1.62 bits per heavy atom. The molecule has 0 bridgehead atoms. The second-order valence-electron chi connectivity index (χ2n) is 6.63. The fraction of sp³-hybridized carbons (Fsp3) is 0.0455. The van der Waals surface area contributed by atoms with Gasteiger partial charge in [-0.25, -0.2) is 0 Å². The summed E-state index contributed by atoms with van der Waals surface area (Å²) in [5.41, 5.74) is 0.432. The van der Waals surface area contributed by atoms with Crippen LogP contribution in [0.1, 0.15) is 6.92 Å². The molecule has 0 aliphatic heterocycles. The predicted octanol–water partition coefficient (Wildman–Crippen LogP) is 5.11. The number of carbonyl (C=O) groups is 1. The van der Waals surface area contributed by atoms with E-state index in [4.69, 9.17) is 0 Å². The third kappa shape index (κ3) is 1.87. The van der Waals surface area contributed by atoms with Crippen molar-refractivity contribution in [1.29, 1.82) is 0 Å². The van der Waals surface area contributed by atoms with Crippen molar-refractivity contribution < 1.29 is 15.0 Å². The highest BCUT2D eigenvalue weighted by Crippen LogP contribution is 2.47. The zero-order valence-electron chi connectivity index (χ0n) is 14.0. The van der Waals surface area contributed by atoms with Gasteiger partial charge in [0.05, 0.1) is 5.69 Å². The monoisotopic (exact) mass is 341 g/mol. The Kier molecular flexibility index (Phi) is 2.84. The number of phenols is 2. The molecule has 0 saturated heterocycles. The van der Waals surface area contributed by atoms with Gasteiger partial charge in [0.1, 0.15) is 11.5 Å². The van der Waals surface area contributed by atoms with Crippen LogP contribution in [0.4, 0.5) is 5.69 Å². The summed E-state index contributed by atoms with van der Waals surface area (Å²) >= 11 is 0. The molecule has 0 spiro atoms. The van der Waals surface area contributed by atoms with Crippen molar-refractivity contribution >= 4 is 54.7 Å². The van der Waals surface area contributed by atoms with Gasteiger partial charge < -0.3 is 15.5 Å². The molecule has 4 nitrogen and oxygen atoms in total. The van der Waals surface area contributed by atoms with E-state index in [0.717, 1.165) is 37.7 Å². The molecule has 3 N–H and O–H groups in total. The van der Waals surface area contributed by atoms with E-state index in [0.29, 0.717) is 11.1 Å². The zero-order chi connectivity index (χ0) is 18.0. The van der Waals surface area contributed by atoms with Crippen LogP contribution >= 0.6 is 0 Å². The number of anilines is 1. The van der Waals surface area contributed by atoms with Crippen LogP contribution in [-0.4, -0.2) is 16.1 Å². The Labute approximate surface area is 148 Å². The molecule has 0 heterocycles. The van der Waals surface area contributed by atoms with Gasteiger partial charge in [-0.05, 0) is 45.1 Å². The summed E-state index contributed by atoms with van der Waals surface area (Å²) < 4.78 is 0. The number of carbonyl (C=O) groups excluding carboxylic acids is 1. The molecule has 0 atom stereocenters. The maximum Gasteiger partial charge on any atom is 0.221 e. The van der Waals surface area contributed by atoms with E-state index in [1.54, 1.807) is 12.1 Å². The number of aromatic hydroxyl groups is 2. The quantitative estimate of drug-likeness (QED) is 0.225.